The number of carbonyl (C=O) groups excluding carboxylic acids is 1. The maximum absolute atomic E-state index is 12.7. The summed E-state index contributed by atoms with van der Waals surface area (Å²) in [4.78, 5) is 12.7. The first-order valence-corrected chi connectivity index (χ1v) is 10.1. The molecule has 148 valence electrons. The number of nitrogens with zero attached hydrogens (tertiary/aromatic N) is 3. The normalized spacial score (nSPS) is 11.2. The van der Waals surface area contributed by atoms with Gasteiger partial charge in [-0.1, -0.05) is 17.8 Å². The number of rotatable bonds is 8. The Hall–Kier alpha value is -2.38. The average molecular weight is 400 g/mol. The number of aromatic nitrogens is 3. The summed E-state index contributed by atoms with van der Waals surface area (Å²) in [6.07, 6.45) is 0. The van der Waals surface area contributed by atoms with E-state index in [0.29, 0.717) is 17.7 Å². The first kappa shape index (κ1) is 20.4. The molecule has 0 saturated heterocycles. The van der Waals surface area contributed by atoms with Crippen LogP contribution in [0, 0.1) is 27.7 Å². The second-order valence-corrected chi connectivity index (χ2v) is 7.74. The second kappa shape index (κ2) is 8.75. The molecule has 2 heterocycles. The van der Waals surface area contributed by atoms with Crippen molar-refractivity contribution in [2.24, 2.45) is 0 Å². The van der Waals surface area contributed by atoms with Crippen LogP contribution in [0.25, 0.3) is 11.5 Å². The van der Waals surface area contributed by atoms with E-state index in [-0.39, 0.29) is 11.5 Å². The fourth-order valence-electron chi connectivity index (χ4n) is 3.07. The van der Waals surface area contributed by atoms with Gasteiger partial charge in [0.05, 0.1) is 12.4 Å². The van der Waals surface area contributed by atoms with Gasteiger partial charge < -0.3 is 13.7 Å². The Bertz CT molecular complexity index is 991. The minimum Gasteiger partial charge on any atom is -0.411 e. The van der Waals surface area contributed by atoms with E-state index in [9.17, 15) is 4.79 Å². The topological polar surface area (TPSA) is 70.2 Å². The van der Waals surface area contributed by atoms with Crippen LogP contribution >= 0.6 is 11.8 Å². The number of hydrogen-bond donors (Lipinski definition) is 0. The van der Waals surface area contributed by atoms with Gasteiger partial charge in [0.15, 0.2) is 5.78 Å². The van der Waals surface area contributed by atoms with Crippen LogP contribution in [0.15, 0.2) is 33.9 Å². The number of thioether (sulfide) groups is 1. The summed E-state index contributed by atoms with van der Waals surface area (Å²) in [6.45, 7) is 9.42. The number of methoxy groups -OCH3 is 1. The van der Waals surface area contributed by atoms with Crippen molar-refractivity contribution in [3.05, 3.63) is 52.3 Å². The monoisotopic (exact) mass is 399 g/mol. The summed E-state index contributed by atoms with van der Waals surface area (Å²) in [5.41, 5.74) is 6.01. The molecule has 0 amide bonds. The number of carbonyl (C=O) groups is 1. The van der Waals surface area contributed by atoms with E-state index in [1.807, 2.05) is 45.0 Å². The molecule has 3 aromatic rings. The van der Waals surface area contributed by atoms with Crippen LogP contribution in [0.3, 0.4) is 0 Å². The van der Waals surface area contributed by atoms with Crippen molar-refractivity contribution in [1.82, 2.24) is 14.8 Å². The molecular weight excluding hydrogens is 374 g/mol. The molecule has 6 nitrogen and oxygen atoms in total. The van der Waals surface area contributed by atoms with Gasteiger partial charge in [-0.2, -0.15) is 0 Å². The summed E-state index contributed by atoms with van der Waals surface area (Å²) in [6, 6.07) is 7.95. The van der Waals surface area contributed by atoms with Gasteiger partial charge in [0.1, 0.15) is 0 Å². The van der Waals surface area contributed by atoms with E-state index in [0.717, 1.165) is 29.1 Å². The van der Waals surface area contributed by atoms with Crippen LogP contribution in [0.5, 0.6) is 0 Å². The number of hydrogen-bond acceptors (Lipinski definition) is 6. The van der Waals surface area contributed by atoms with Gasteiger partial charge in [-0.25, -0.2) is 0 Å². The van der Waals surface area contributed by atoms with Gasteiger partial charge >= 0.3 is 0 Å². The number of ether oxygens (including phenoxy) is 1. The molecule has 0 aliphatic carbocycles. The van der Waals surface area contributed by atoms with Gasteiger partial charge in [0, 0.05) is 36.2 Å². The summed E-state index contributed by atoms with van der Waals surface area (Å²) < 4.78 is 13.0. The maximum Gasteiger partial charge on any atom is 0.277 e. The highest BCUT2D eigenvalue weighted by Gasteiger charge is 2.17. The van der Waals surface area contributed by atoms with Crippen LogP contribution < -0.4 is 0 Å². The lowest BCUT2D eigenvalue weighted by Gasteiger charge is -2.08. The highest BCUT2D eigenvalue weighted by Crippen LogP contribution is 2.26. The summed E-state index contributed by atoms with van der Waals surface area (Å²) in [5, 5.41) is 8.58. The molecule has 0 unspecified atom stereocenters. The predicted octanol–water partition coefficient (Wildman–Crippen LogP) is 4.39. The number of benzene rings is 1. The Morgan fingerprint density at radius 3 is 2.64 bits per heavy atom. The molecule has 0 aliphatic heterocycles. The molecule has 1 aromatic carbocycles. The van der Waals surface area contributed by atoms with E-state index in [1.54, 1.807) is 7.11 Å². The zero-order chi connectivity index (χ0) is 20.3. The minimum atomic E-state index is 0.0488. The van der Waals surface area contributed by atoms with Crippen molar-refractivity contribution in [1.29, 1.82) is 0 Å². The lowest BCUT2D eigenvalue weighted by atomic mass is 10.1. The van der Waals surface area contributed by atoms with Gasteiger partial charge in [-0.15, -0.1) is 10.2 Å². The third-order valence-electron chi connectivity index (χ3n) is 4.88. The van der Waals surface area contributed by atoms with E-state index in [2.05, 4.69) is 21.7 Å². The molecule has 28 heavy (non-hydrogen) atoms. The predicted molar refractivity (Wildman–Crippen MR) is 110 cm³/mol. The van der Waals surface area contributed by atoms with Crippen LogP contribution in [0.1, 0.15) is 32.9 Å². The molecule has 0 fully saturated rings. The summed E-state index contributed by atoms with van der Waals surface area (Å²) in [5.74, 6) is 0.770. The standard InChI is InChI=1S/C21H25N3O3S/c1-13-6-7-17(10-14(13)2)20-22-23-21(27-20)28-12-19(25)18-11-15(3)24(16(18)4)8-9-26-5/h6-7,10-11H,8-9,12H2,1-5H3. The first-order chi connectivity index (χ1) is 13.4. The molecule has 0 bridgehead atoms. The van der Waals surface area contributed by atoms with Crippen molar-refractivity contribution < 1.29 is 13.9 Å². The zero-order valence-electron chi connectivity index (χ0n) is 16.9. The number of ketones is 1. The maximum atomic E-state index is 12.7. The molecule has 0 radical (unpaired) electrons. The van der Waals surface area contributed by atoms with E-state index in [1.165, 1.54) is 22.9 Å². The quantitative estimate of drug-likeness (QED) is 0.413. The first-order valence-electron chi connectivity index (χ1n) is 9.13. The van der Waals surface area contributed by atoms with Crippen molar-refractivity contribution in [3.8, 4) is 11.5 Å². The van der Waals surface area contributed by atoms with Crippen LogP contribution in [0.4, 0.5) is 0 Å². The average Bonchev–Trinajstić information content (AvgIpc) is 3.25. The Morgan fingerprint density at radius 1 is 1.14 bits per heavy atom. The largest absolute Gasteiger partial charge is 0.411 e. The van der Waals surface area contributed by atoms with Crippen molar-refractivity contribution in [2.45, 2.75) is 39.5 Å². The van der Waals surface area contributed by atoms with Gasteiger partial charge in [-0.05, 0) is 57.0 Å². The third kappa shape index (κ3) is 4.36. The highest BCUT2D eigenvalue weighted by molar-refractivity contribution is 7.99. The van der Waals surface area contributed by atoms with Crippen molar-refractivity contribution in [3.63, 3.8) is 0 Å². The van der Waals surface area contributed by atoms with E-state index >= 15 is 0 Å². The van der Waals surface area contributed by atoms with E-state index in [4.69, 9.17) is 9.15 Å². The molecule has 0 atom stereocenters. The summed E-state index contributed by atoms with van der Waals surface area (Å²) in [7, 11) is 1.67. The Balaban J connectivity index is 1.67. The molecule has 3 rings (SSSR count). The van der Waals surface area contributed by atoms with Gasteiger partial charge in [-0.3, -0.25) is 4.79 Å². The van der Waals surface area contributed by atoms with E-state index < -0.39 is 0 Å². The third-order valence-corrected chi connectivity index (χ3v) is 5.70. The fourth-order valence-corrected chi connectivity index (χ4v) is 3.72. The molecule has 0 spiro atoms. The Morgan fingerprint density at radius 2 is 1.93 bits per heavy atom. The lowest BCUT2D eigenvalue weighted by Crippen LogP contribution is -2.09. The smallest absolute Gasteiger partial charge is 0.277 e. The molecule has 0 saturated carbocycles. The molecule has 0 aliphatic rings. The van der Waals surface area contributed by atoms with Gasteiger partial charge in [0.25, 0.3) is 5.22 Å². The zero-order valence-corrected chi connectivity index (χ0v) is 17.7. The van der Waals surface area contributed by atoms with Crippen molar-refractivity contribution >= 4 is 17.5 Å². The Labute approximate surface area is 169 Å². The SMILES string of the molecule is COCCn1c(C)cc(C(=O)CSc2nnc(-c3ccc(C)c(C)c3)o2)c1C. The molecule has 7 heteroatoms. The minimum absolute atomic E-state index is 0.0488. The van der Waals surface area contributed by atoms with Crippen LogP contribution in [-0.2, 0) is 11.3 Å². The van der Waals surface area contributed by atoms with Crippen molar-refractivity contribution in [2.75, 3.05) is 19.5 Å². The van der Waals surface area contributed by atoms with Crippen LogP contribution in [-0.4, -0.2) is 40.0 Å². The fraction of sp³-hybridized carbons (Fsp3) is 0.381. The van der Waals surface area contributed by atoms with Gasteiger partial charge in [0.2, 0.25) is 5.89 Å². The summed E-state index contributed by atoms with van der Waals surface area (Å²) >= 11 is 1.26. The molecular formula is C21H25N3O3S. The molecule has 2 aromatic heterocycles. The Kier molecular flexibility index (Phi) is 6.36. The second-order valence-electron chi connectivity index (χ2n) is 6.81. The molecule has 0 N–H and O–H groups in total. The lowest BCUT2D eigenvalue weighted by molar-refractivity contribution is 0.102. The highest BCUT2D eigenvalue weighted by atomic mass is 32.2. The number of Topliss-reactive ketones (excluding diaryl/α,β-unsaturated/α-hetero) is 1. The van der Waals surface area contributed by atoms with Crippen LogP contribution in [0.2, 0.25) is 0 Å². The number of aryl methyl sites for hydroxylation is 3.